The molecule has 1 aliphatic carbocycles. The van der Waals surface area contributed by atoms with Gasteiger partial charge < -0.3 is 9.80 Å². The molecule has 0 N–H and O–H groups in total. The van der Waals surface area contributed by atoms with Gasteiger partial charge in [0.25, 0.3) is 0 Å². The Hall–Kier alpha value is -2.80. The van der Waals surface area contributed by atoms with Crippen molar-refractivity contribution >= 4 is 23.4 Å². The molecule has 7 heteroatoms. The first-order chi connectivity index (χ1) is 15.2. The summed E-state index contributed by atoms with van der Waals surface area (Å²) in [5, 5.41) is 5.23. The van der Waals surface area contributed by atoms with Crippen molar-refractivity contribution in [2.75, 3.05) is 31.1 Å². The van der Waals surface area contributed by atoms with Gasteiger partial charge in [0.1, 0.15) is 5.82 Å². The normalized spacial score (nSPS) is 17.6. The Kier molecular flexibility index (Phi) is 5.68. The molecule has 1 saturated carbocycles. The quantitative estimate of drug-likeness (QED) is 0.551. The van der Waals surface area contributed by atoms with E-state index in [1.165, 1.54) is 17.4 Å². The highest BCUT2D eigenvalue weighted by Crippen LogP contribution is 2.40. The maximum Gasteiger partial charge on any atom is 0.236 e. The van der Waals surface area contributed by atoms with Gasteiger partial charge in [-0.1, -0.05) is 48.2 Å². The summed E-state index contributed by atoms with van der Waals surface area (Å²) in [7, 11) is 0. The van der Waals surface area contributed by atoms with Crippen LogP contribution in [0.4, 0.5) is 5.69 Å². The molecule has 5 rings (SSSR count). The zero-order valence-corrected chi connectivity index (χ0v) is 18.5. The summed E-state index contributed by atoms with van der Waals surface area (Å²) in [4.78, 5) is 22.2. The van der Waals surface area contributed by atoms with Crippen LogP contribution in [0, 0.1) is 0 Å². The third-order valence-electron chi connectivity index (χ3n) is 5.90. The average Bonchev–Trinajstić information content (AvgIpc) is 3.60. The van der Waals surface area contributed by atoms with Crippen molar-refractivity contribution in [3.05, 3.63) is 66.5 Å². The second-order valence-electron chi connectivity index (χ2n) is 8.18. The van der Waals surface area contributed by atoms with E-state index in [1.807, 2.05) is 40.8 Å². The van der Waals surface area contributed by atoms with Crippen LogP contribution >= 0.6 is 11.8 Å². The largest absolute Gasteiger partial charge is 0.368 e. The van der Waals surface area contributed by atoms with Crippen LogP contribution in [0.2, 0.25) is 0 Å². The van der Waals surface area contributed by atoms with Crippen LogP contribution in [0.25, 0.3) is 5.69 Å². The summed E-state index contributed by atoms with van der Waals surface area (Å²) >= 11 is 1.47. The van der Waals surface area contributed by atoms with Gasteiger partial charge in [-0.3, -0.25) is 4.79 Å². The highest BCUT2D eigenvalue weighted by Gasteiger charge is 2.32. The number of benzene rings is 2. The Bertz CT molecular complexity index is 1030. The molecular formula is C24H27N5OS. The lowest BCUT2D eigenvalue weighted by Gasteiger charge is -2.37. The lowest BCUT2D eigenvalue weighted by Crippen LogP contribution is -2.50. The Morgan fingerprint density at radius 1 is 0.935 bits per heavy atom. The molecular weight excluding hydrogens is 406 g/mol. The minimum Gasteiger partial charge on any atom is -0.368 e. The fourth-order valence-electron chi connectivity index (χ4n) is 4.01. The number of para-hydroxylation sites is 2. The van der Waals surface area contributed by atoms with E-state index in [9.17, 15) is 4.79 Å². The monoisotopic (exact) mass is 433 g/mol. The number of anilines is 1. The number of carbonyl (C=O) groups is 1. The topological polar surface area (TPSA) is 54.3 Å². The lowest BCUT2D eigenvalue weighted by atomic mass is 10.2. The number of rotatable bonds is 6. The first-order valence-electron chi connectivity index (χ1n) is 11.0. The molecule has 1 unspecified atom stereocenters. The van der Waals surface area contributed by atoms with Gasteiger partial charge in [-0.2, -0.15) is 0 Å². The SMILES string of the molecule is CC(Sc1nc(C2CC2)n(-c2ccccc2)n1)C(=O)N1CCN(c2ccccc2)CC1. The fraction of sp³-hybridized carbons (Fsp3) is 0.375. The van der Waals surface area contributed by atoms with Crippen LogP contribution < -0.4 is 4.90 Å². The first kappa shape index (κ1) is 20.1. The highest BCUT2D eigenvalue weighted by atomic mass is 32.2. The molecule has 1 amide bonds. The summed E-state index contributed by atoms with van der Waals surface area (Å²) in [5.41, 5.74) is 2.25. The van der Waals surface area contributed by atoms with E-state index in [0.717, 1.165) is 50.5 Å². The van der Waals surface area contributed by atoms with Crippen molar-refractivity contribution in [2.24, 2.45) is 0 Å². The van der Waals surface area contributed by atoms with Crippen molar-refractivity contribution < 1.29 is 4.79 Å². The van der Waals surface area contributed by atoms with E-state index in [1.54, 1.807) is 0 Å². The summed E-state index contributed by atoms with van der Waals surface area (Å²) in [6.07, 6.45) is 2.33. The molecule has 1 atom stereocenters. The number of hydrogen-bond acceptors (Lipinski definition) is 5. The zero-order valence-electron chi connectivity index (χ0n) is 17.7. The molecule has 1 aliphatic heterocycles. The van der Waals surface area contributed by atoms with Gasteiger partial charge in [0.2, 0.25) is 11.1 Å². The van der Waals surface area contributed by atoms with E-state index >= 15 is 0 Å². The second-order valence-corrected chi connectivity index (χ2v) is 9.49. The van der Waals surface area contributed by atoms with Crippen LogP contribution in [-0.2, 0) is 4.79 Å². The molecule has 2 fully saturated rings. The van der Waals surface area contributed by atoms with Crippen LogP contribution in [0.5, 0.6) is 0 Å². The number of hydrogen-bond donors (Lipinski definition) is 0. The summed E-state index contributed by atoms with van der Waals surface area (Å²) in [6.45, 7) is 5.19. The van der Waals surface area contributed by atoms with Gasteiger partial charge in [0, 0.05) is 37.8 Å². The van der Waals surface area contributed by atoms with Gasteiger partial charge in [-0.05, 0) is 44.0 Å². The van der Waals surface area contributed by atoms with Crippen LogP contribution in [0.1, 0.15) is 31.5 Å². The Morgan fingerprint density at radius 2 is 1.55 bits per heavy atom. The van der Waals surface area contributed by atoms with Gasteiger partial charge in [-0.25, -0.2) is 9.67 Å². The maximum atomic E-state index is 13.1. The molecule has 1 aromatic heterocycles. The van der Waals surface area contributed by atoms with Gasteiger partial charge in [0.15, 0.2) is 0 Å². The maximum absolute atomic E-state index is 13.1. The zero-order chi connectivity index (χ0) is 21.2. The molecule has 0 spiro atoms. The predicted octanol–water partition coefficient (Wildman–Crippen LogP) is 3.97. The molecule has 3 aromatic rings. The minimum atomic E-state index is -0.207. The minimum absolute atomic E-state index is 0.168. The average molecular weight is 434 g/mol. The number of thioether (sulfide) groups is 1. The molecule has 2 aromatic carbocycles. The van der Waals surface area contributed by atoms with Crippen molar-refractivity contribution in [1.29, 1.82) is 0 Å². The van der Waals surface area contributed by atoms with Crippen molar-refractivity contribution in [3.8, 4) is 5.69 Å². The van der Waals surface area contributed by atoms with E-state index in [-0.39, 0.29) is 11.2 Å². The summed E-state index contributed by atoms with van der Waals surface area (Å²) < 4.78 is 1.95. The molecule has 2 aliphatic rings. The van der Waals surface area contributed by atoms with Crippen molar-refractivity contribution in [1.82, 2.24) is 19.7 Å². The number of nitrogens with zero attached hydrogens (tertiary/aromatic N) is 5. The highest BCUT2D eigenvalue weighted by molar-refractivity contribution is 8.00. The van der Waals surface area contributed by atoms with Crippen LogP contribution in [-0.4, -0.2) is 57.0 Å². The van der Waals surface area contributed by atoms with Crippen molar-refractivity contribution in [2.45, 2.75) is 36.1 Å². The Balaban J connectivity index is 1.23. The first-order valence-corrected chi connectivity index (χ1v) is 11.8. The Morgan fingerprint density at radius 3 is 2.16 bits per heavy atom. The molecule has 6 nitrogen and oxygen atoms in total. The lowest BCUT2D eigenvalue weighted by molar-refractivity contribution is -0.130. The third kappa shape index (κ3) is 4.46. The standard InChI is InChI=1S/C24H27N5OS/c1-18(23(30)28-16-14-27(15-17-28)20-8-4-2-5-9-20)31-24-25-22(19-12-13-19)29(26-24)21-10-6-3-7-11-21/h2-11,18-19H,12-17H2,1H3. The molecule has 160 valence electrons. The molecule has 0 radical (unpaired) electrons. The number of amides is 1. The van der Waals surface area contributed by atoms with Crippen LogP contribution in [0.15, 0.2) is 65.8 Å². The smallest absolute Gasteiger partial charge is 0.236 e. The summed E-state index contributed by atoms with van der Waals surface area (Å²) in [5.74, 6) is 1.67. The van der Waals surface area contributed by atoms with E-state index in [0.29, 0.717) is 11.1 Å². The van der Waals surface area contributed by atoms with E-state index in [2.05, 4.69) is 41.3 Å². The number of carbonyl (C=O) groups excluding carboxylic acids is 1. The predicted molar refractivity (Wildman–Crippen MR) is 124 cm³/mol. The summed E-state index contributed by atoms with van der Waals surface area (Å²) in [6, 6.07) is 20.5. The van der Waals surface area contributed by atoms with Gasteiger partial charge in [0.05, 0.1) is 10.9 Å². The fourth-order valence-corrected chi connectivity index (χ4v) is 4.85. The molecule has 1 saturated heterocycles. The van der Waals surface area contributed by atoms with E-state index in [4.69, 9.17) is 10.1 Å². The number of piperazine rings is 1. The Labute approximate surface area is 187 Å². The molecule has 2 heterocycles. The number of aromatic nitrogens is 3. The molecule has 0 bridgehead atoms. The van der Waals surface area contributed by atoms with Gasteiger partial charge in [-0.15, -0.1) is 5.10 Å². The van der Waals surface area contributed by atoms with E-state index < -0.39 is 0 Å². The second kappa shape index (κ2) is 8.75. The van der Waals surface area contributed by atoms with Crippen molar-refractivity contribution in [3.63, 3.8) is 0 Å². The molecule has 31 heavy (non-hydrogen) atoms. The third-order valence-corrected chi connectivity index (χ3v) is 6.84. The van der Waals surface area contributed by atoms with Crippen LogP contribution in [0.3, 0.4) is 0 Å². The van der Waals surface area contributed by atoms with Gasteiger partial charge >= 0.3 is 0 Å².